The highest BCUT2D eigenvalue weighted by atomic mass is 31.2. The standard InChI is InChI=1S/C75H146O17P2/c1-7-11-13-15-16-17-18-19-20-21-22-23-24-25-26-31-34-37-40-47-53-59-74(79)91-71(64-86-73(78)58-52-46-39-36-33-30-28-27-29-32-35-38-44-49-55-67(5)9-3)66-90-94(83,84)88-62-69(76)61-87-93(81,82)89-65-70(63-85-72(77)57-51-43-14-12-8-2)92-75(80)60-54-48-42-41-45-50-56-68(6)10-4/h67-71,76H,7-66H2,1-6H3,(H,81,82)(H,83,84)/t67?,68?,69-,70+,71+/m0/s1. The minimum Gasteiger partial charge on any atom is -0.462 e. The van der Waals surface area contributed by atoms with E-state index >= 15 is 0 Å². The summed E-state index contributed by atoms with van der Waals surface area (Å²) in [6.45, 7) is 9.49. The third-order valence-corrected chi connectivity index (χ3v) is 20.1. The van der Waals surface area contributed by atoms with Gasteiger partial charge in [0.1, 0.15) is 19.3 Å². The molecule has 0 amide bonds. The summed E-state index contributed by atoms with van der Waals surface area (Å²) >= 11 is 0. The van der Waals surface area contributed by atoms with Crippen molar-refractivity contribution in [3.63, 3.8) is 0 Å². The molecule has 0 aromatic rings. The minimum atomic E-state index is -4.95. The van der Waals surface area contributed by atoms with Crippen molar-refractivity contribution in [2.24, 2.45) is 11.8 Å². The molecule has 558 valence electrons. The number of rotatable bonds is 74. The summed E-state index contributed by atoms with van der Waals surface area (Å²) in [5.41, 5.74) is 0. The predicted octanol–water partition coefficient (Wildman–Crippen LogP) is 21.9. The van der Waals surface area contributed by atoms with Crippen molar-refractivity contribution >= 4 is 39.5 Å². The molecule has 0 heterocycles. The first-order chi connectivity index (χ1) is 45.4. The molecule has 0 aliphatic heterocycles. The van der Waals surface area contributed by atoms with E-state index < -0.39 is 97.5 Å². The fourth-order valence-corrected chi connectivity index (χ4v) is 13.0. The summed E-state index contributed by atoms with van der Waals surface area (Å²) in [4.78, 5) is 72.4. The van der Waals surface area contributed by atoms with E-state index in [1.54, 1.807) is 0 Å². The summed E-state index contributed by atoms with van der Waals surface area (Å²) in [6, 6.07) is 0. The lowest BCUT2D eigenvalue weighted by molar-refractivity contribution is -0.161. The van der Waals surface area contributed by atoms with Crippen LogP contribution in [0.2, 0.25) is 0 Å². The van der Waals surface area contributed by atoms with Crippen molar-refractivity contribution in [1.29, 1.82) is 0 Å². The number of hydrogen-bond donors (Lipinski definition) is 3. The maximum atomic E-state index is 13.1. The molecule has 0 spiro atoms. The van der Waals surface area contributed by atoms with Gasteiger partial charge < -0.3 is 33.8 Å². The second kappa shape index (κ2) is 66.9. The van der Waals surface area contributed by atoms with Crippen LogP contribution in [0.4, 0.5) is 0 Å². The second-order valence-corrected chi connectivity index (χ2v) is 30.4. The second-order valence-electron chi connectivity index (χ2n) is 27.5. The predicted molar refractivity (Wildman–Crippen MR) is 381 cm³/mol. The van der Waals surface area contributed by atoms with Gasteiger partial charge >= 0.3 is 39.5 Å². The summed E-state index contributed by atoms with van der Waals surface area (Å²) < 4.78 is 68.2. The molecule has 0 aliphatic carbocycles. The molecule has 17 nitrogen and oxygen atoms in total. The minimum absolute atomic E-state index is 0.102. The van der Waals surface area contributed by atoms with Crippen molar-refractivity contribution in [2.75, 3.05) is 39.6 Å². The first kappa shape index (κ1) is 92.1. The highest BCUT2D eigenvalue weighted by molar-refractivity contribution is 7.47. The number of carbonyl (C=O) groups is 4. The van der Waals surface area contributed by atoms with E-state index in [0.29, 0.717) is 25.7 Å². The first-order valence-corrected chi connectivity index (χ1v) is 42.1. The Kier molecular flexibility index (Phi) is 65.5. The normalized spacial score (nSPS) is 14.6. The average molecular weight is 1380 g/mol. The van der Waals surface area contributed by atoms with Crippen LogP contribution in [0.15, 0.2) is 0 Å². The number of ether oxygens (including phenoxy) is 4. The fraction of sp³-hybridized carbons (Fsp3) is 0.947. The lowest BCUT2D eigenvalue weighted by Crippen LogP contribution is -2.30. The number of hydrogen-bond acceptors (Lipinski definition) is 15. The molecule has 0 saturated carbocycles. The Morgan fingerprint density at radius 3 is 0.755 bits per heavy atom. The summed E-state index contributed by atoms with van der Waals surface area (Å²) in [6.07, 6.45) is 54.7. The Morgan fingerprint density at radius 1 is 0.298 bits per heavy atom. The van der Waals surface area contributed by atoms with E-state index in [0.717, 1.165) is 108 Å². The monoisotopic (exact) mass is 1380 g/mol. The molecular weight excluding hydrogens is 1230 g/mol. The van der Waals surface area contributed by atoms with Gasteiger partial charge in [0.15, 0.2) is 12.2 Å². The number of phosphoric acid groups is 2. The Hall–Kier alpha value is -1.94. The highest BCUT2D eigenvalue weighted by Crippen LogP contribution is 2.45. The zero-order valence-corrected chi connectivity index (χ0v) is 63.1. The number of esters is 4. The number of aliphatic hydroxyl groups is 1. The van der Waals surface area contributed by atoms with Gasteiger partial charge in [0, 0.05) is 25.7 Å². The number of carbonyl (C=O) groups excluding carboxylic acids is 4. The van der Waals surface area contributed by atoms with Crippen LogP contribution in [0.25, 0.3) is 0 Å². The molecule has 0 saturated heterocycles. The molecule has 4 unspecified atom stereocenters. The smallest absolute Gasteiger partial charge is 0.462 e. The molecule has 0 fully saturated rings. The van der Waals surface area contributed by atoms with Crippen LogP contribution in [0.3, 0.4) is 0 Å². The van der Waals surface area contributed by atoms with Gasteiger partial charge in [0.05, 0.1) is 26.4 Å². The van der Waals surface area contributed by atoms with Crippen molar-refractivity contribution in [3.05, 3.63) is 0 Å². The zero-order valence-electron chi connectivity index (χ0n) is 61.3. The van der Waals surface area contributed by atoms with E-state index in [9.17, 15) is 43.2 Å². The third-order valence-electron chi connectivity index (χ3n) is 18.2. The Labute approximate surface area is 575 Å². The lowest BCUT2D eigenvalue weighted by Gasteiger charge is -2.21. The van der Waals surface area contributed by atoms with Crippen molar-refractivity contribution in [3.8, 4) is 0 Å². The maximum absolute atomic E-state index is 13.1. The van der Waals surface area contributed by atoms with E-state index in [1.807, 2.05) is 0 Å². The maximum Gasteiger partial charge on any atom is 0.472 e. The fourth-order valence-electron chi connectivity index (χ4n) is 11.4. The van der Waals surface area contributed by atoms with Crippen LogP contribution < -0.4 is 0 Å². The lowest BCUT2D eigenvalue weighted by atomic mass is 9.99. The molecule has 94 heavy (non-hydrogen) atoms. The zero-order chi connectivity index (χ0) is 69.3. The molecule has 0 aliphatic rings. The van der Waals surface area contributed by atoms with E-state index in [4.69, 9.17) is 37.0 Å². The number of aliphatic hydroxyl groups excluding tert-OH is 1. The van der Waals surface area contributed by atoms with Gasteiger partial charge in [0.25, 0.3) is 0 Å². The van der Waals surface area contributed by atoms with Crippen molar-refractivity contribution in [1.82, 2.24) is 0 Å². The topological polar surface area (TPSA) is 237 Å². The van der Waals surface area contributed by atoms with Gasteiger partial charge in [-0.1, -0.05) is 337 Å². The quantitative estimate of drug-likeness (QED) is 0.0222. The Morgan fingerprint density at radius 2 is 0.511 bits per heavy atom. The molecule has 3 N–H and O–H groups in total. The number of unbranched alkanes of at least 4 members (excludes halogenated alkanes) is 42. The van der Waals surface area contributed by atoms with E-state index in [2.05, 4.69) is 41.5 Å². The molecule has 0 radical (unpaired) electrons. The van der Waals surface area contributed by atoms with Crippen LogP contribution >= 0.6 is 15.6 Å². The molecule has 7 atom stereocenters. The van der Waals surface area contributed by atoms with Gasteiger partial charge in [-0.25, -0.2) is 9.13 Å². The van der Waals surface area contributed by atoms with Crippen molar-refractivity contribution < 1.29 is 80.2 Å². The summed E-state index contributed by atoms with van der Waals surface area (Å²) in [5, 5.41) is 10.6. The Balaban J connectivity index is 5.12. The van der Waals surface area contributed by atoms with Crippen LogP contribution in [-0.2, 0) is 65.4 Å². The molecular formula is C75H146O17P2. The first-order valence-electron chi connectivity index (χ1n) is 39.1. The summed E-state index contributed by atoms with van der Waals surface area (Å²) in [5.74, 6) is -0.562. The van der Waals surface area contributed by atoms with E-state index in [1.165, 1.54) is 199 Å². The van der Waals surface area contributed by atoms with E-state index in [-0.39, 0.29) is 25.7 Å². The van der Waals surface area contributed by atoms with Gasteiger partial charge in [0.2, 0.25) is 0 Å². The molecule has 0 bridgehead atoms. The molecule has 0 rings (SSSR count). The number of phosphoric ester groups is 2. The van der Waals surface area contributed by atoms with Crippen LogP contribution in [0, 0.1) is 11.8 Å². The van der Waals surface area contributed by atoms with Gasteiger partial charge in [-0.05, 0) is 37.5 Å². The van der Waals surface area contributed by atoms with Gasteiger partial charge in [-0.3, -0.25) is 37.3 Å². The van der Waals surface area contributed by atoms with Gasteiger partial charge in [-0.2, -0.15) is 0 Å². The van der Waals surface area contributed by atoms with Gasteiger partial charge in [-0.15, -0.1) is 0 Å². The molecule has 0 aromatic heterocycles. The highest BCUT2D eigenvalue weighted by Gasteiger charge is 2.30. The van der Waals surface area contributed by atoms with Crippen molar-refractivity contribution in [2.45, 2.75) is 407 Å². The third kappa shape index (κ3) is 66.0. The SMILES string of the molecule is CCCCCCCCCCCCCCCCCCCCCCCC(=O)O[C@H](COC(=O)CCCCCCCCCCCCCCCCC(C)CC)COP(=O)(O)OC[C@@H](O)COP(=O)(O)OC[C@@H](COC(=O)CCCCCCC)OC(=O)CCCCCCCCC(C)CC. The summed E-state index contributed by atoms with van der Waals surface area (Å²) in [7, 11) is -9.90. The van der Waals surface area contributed by atoms with Crippen LogP contribution in [-0.4, -0.2) is 96.7 Å². The van der Waals surface area contributed by atoms with Crippen LogP contribution in [0.1, 0.15) is 388 Å². The largest absolute Gasteiger partial charge is 0.472 e. The van der Waals surface area contributed by atoms with Crippen LogP contribution in [0.5, 0.6) is 0 Å². The molecule has 19 heteroatoms. The Bertz CT molecular complexity index is 1820. The molecule has 0 aromatic carbocycles. The average Bonchev–Trinajstić information content (AvgIpc) is 2.93.